The molecule has 0 unspecified atom stereocenters. The van der Waals surface area contributed by atoms with Gasteiger partial charge in [0.15, 0.2) is 0 Å². The summed E-state index contributed by atoms with van der Waals surface area (Å²) in [6.07, 6.45) is 2.21. The summed E-state index contributed by atoms with van der Waals surface area (Å²) < 4.78 is 13.0. The highest BCUT2D eigenvalue weighted by Gasteiger charge is 2.32. The van der Waals surface area contributed by atoms with Gasteiger partial charge in [0.2, 0.25) is 5.91 Å². The number of piperidine rings is 1. The highest BCUT2D eigenvalue weighted by Crippen LogP contribution is 2.28. The van der Waals surface area contributed by atoms with Crippen LogP contribution in [-0.2, 0) is 4.79 Å². The number of carbonyl (C=O) groups excluding carboxylic acids is 2. The Morgan fingerprint density at radius 3 is 2.12 bits per heavy atom. The van der Waals surface area contributed by atoms with Gasteiger partial charge in [-0.05, 0) is 62.8 Å². The van der Waals surface area contributed by atoms with Crippen molar-refractivity contribution in [3.05, 3.63) is 35.6 Å². The largest absolute Gasteiger partial charge is 0.351 e. The molecule has 2 amide bonds. The zero-order chi connectivity index (χ0) is 19.5. The van der Waals surface area contributed by atoms with E-state index in [2.05, 4.69) is 39.9 Å². The highest BCUT2D eigenvalue weighted by molar-refractivity contribution is 5.94. The van der Waals surface area contributed by atoms with Crippen LogP contribution in [0.3, 0.4) is 0 Å². The maximum absolute atomic E-state index is 13.0. The van der Waals surface area contributed by atoms with Crippen LogP contribution < -0.4 is 5.32 Å². The van der Waals surface area contributed by atoms with Crippen LogP contribution >= 0.6 is 0 Å². The van der Waals surface area contributed by atoms with E-state index in [9.17, 15) is 14.0 Å². The van der Waals surface area contributed by atoms with Gasteiger partial charge >= 0.3 is 0 Å². The Bertz CT molecular complexity index is 639. The lowest BCUT2D eigenvalue weighted by atomic mass is 9.81. The van der Waals surface area contributed by atoms with Crippen LogP contribution in [0.15, 0.2) is 24.3 Å². The van der Waals surface area contributed by atoms with Crippen molar-refractivity contribution in [2.24, 2.45) is 11.3 Å². The van der Waals surface area contributed by atoms with Crippen LogP contribution in [-0.4, -0.2) is 35.3 Å². The first-order chi connectivity index (χ1) is 12.0. The van der Waals surface area contributed by atoms with Gasteiger partial charge in [-0.1, -0.05) is 20.8 Å². The van der Waals surface area contributed by atoms with E-state index in [1.54, 1.807) is 4.90 Å². The normalized spacial score (nSPS) is 16.5. The van der Waals surface area contributed by atoms with Gasteiger partial charge in [0.25, 0.3) is 5.91 Å². The molecule has 144 valence electrons. The minimum Gasteiger partial charge on any atom is -0.351 e. The Kier molecular flexibility index (Phi) is 6.09. The quantitative estimate of drug-likeness (QED) is 0.880. The fourth-order valence-electron chi connectivity index (χ4n) is 3.93. The predicted molar refractivity (Wildman–Crippen MR) is 101 cm³/mol. The molecule has 0 spiro atoms. The maximum atomic E-state index is 13.0. The summed E-state index contributed by atoms with van der Waals surface area (Å²) in [7, 11) is 0. The monoisotopic (exact) mass is 362 g/mol. The topological polar surface area (TPSA) is 49.4 Å². The summed E-state index contributed by atoms with van der Waals surface area (Å²) >= 11 is 0. The molecule has 0 saturated carbocycles. The molecule has 1 aromatic carbocycles. The maximum Gasteiger partial charge on any atom is 0.253 e. The van der Waals surface area contributed by atoms with E-state index in [0.29, 0.717) is 31.5 Å². The van der Waals surface area contributed by atoms with E-state index in [0.717, 1.165) is 6.42 Å². The number of hydrogen-bond donors (Lipinski definition) is 1. The molecule has 1 N–H and O–H groups in total. The predicted octanol–water partition coefficient (Wildman–Crippen LogP) is 4.01. The molecule has 1 aliphatic heterocycles. The summed E-state index contributed by atoms with van der Waals surface area (Å²) in [5, 5.41) is 3.18. The molecule has 1 heterocycles. The Labute approximate surface area is 156 Å². The highest BCUT2D eigenvalue weighted by atomic mass is 19.1. The zero-order valence-corrected chi connectivity index (χ0v) is 16.6. The Morgan fingerprint density at radius 1 is 1.08 bits per heavy atom. The van der Waals surface area contributed by atoms with Gasteiger partial charge in [-0.25, -0.2) is 4.39 Å². The van der Waals surface area contributed by atoms with E-state index in [1.165, 1.54) is 24.3 Å². The third-order valence-corrected chi connectivity index (χ3v) is 4.68. The van der Waals surface area contributed by atoms with Crippen LogP contribution in [0, 0.1) is 17.2 Å². The number of benzene rings is 1. The number of halogens is 1. The fourth-order valence-corrected chi connectivity index (χ4v) is 3.93. The molecule has 0 bridgehead atoms. The first-order valence-electron chi connectivity index (χ1n) is 9.34. The minimum absolute atomic E-state index is 0.0634. The number of likely N-dealkylation sites (tertiary alicyclic amines) is 1. The minimum atomic E-state index is -0.352. The van der Waals surface area contributed by atoms with Crippen LogP contribution in [0.2, 0.25) is 0 Å². The molecule has 1 aromatic rings. The van der Waals surface area contributed by atoms with Crippen LogP contribution in [0.5, 0.6) is 0 Å². The molecule has 0 atom stereocenters. The van der Waals surface area contributed by atoms with Gasteiger partial charge < -0.3 is 10.2 Å². The van der Waals surface area contributed by atoms with E-state index < -0.39 is 0 Å². The molecule has 4 nitrogen and oxygen atoms in total. The van der Waals surface area contributed by atoms with Crippen LogP contribution in [0.1, 0.15) is 64.2 Å². The first kappa shape index (κ1) is 20.4. The van der Waals surface area contributed by atoms with E-state index in [4.69, 9.17) is 0 Å². The lowest BCUT2D eigenvalue weighted by molar-refractivity contribution is -0.128. The van der Waals surface area contributed by atoms with E-state index in [-0.39, 0.29) is 34.5 Å². The number of carbonyl (C=O) groups is 2. The molecular weight excluding hydrogens is 331 g/mol. The van der Waals surface area contributed by atoms with Crippen molar-refractivity contribution in [1.82, 2.24) is 10.2 Å². The number of amides is 2. The second kappa shape index (κ2) is 7.77. The van der Waals surface area contributed by atoms with Crippen molar-refractivity contribution in [3.8, 4) is 0 Å². The summed E-state index contributed by atoms with van der Waals surface area (Å²) in [6, 6.07) is 5.60. The van der Waals surface area contributed by atoms with Gasteiger partial charge in [0.05, 0.1) is 0 Å². The molecule has 1 fully saturated rings. The zero-order valence-electron chi connectivity index (χ0n) is 16.6. The van der Waals surface area contributed by atoms with E-state index >= 15 is 0 Å². The molecule has 1 aliphatic rings. The van der Waals surface area contributed by atoms with Crippen LogP contribution in [0.25, 0.3) is 0 Å². The Morgan fingerprint density at radius 2 is 1.62 bits per heavy atom. The standard InChI is InChI=1S/C21H31FN2O2/c1-20(2,3)14-21(4,5)23-18(25)15-10-12-24(13-11-15)19(26)16-6-8-17(22)9-7-16/h6-9,15H,10-14H2,1-5H3,(H,23,25). The van der Waals surface area contributed by atoms with Gasteiger partial charge in [0, 0.05) is 30.1 Å². The van der Waals surface area contributed by atoms with Crippen molar-refractivity contribution < 1.29 is 14.0 Å². The third kappa shape index (κ3) is 5.82. The molecule has 1 saturated heterocycles. The van der Waals surface area contributed by atoms with Crippen molar-refractivity contribution in [3.63, 3.8) is 0 Å². The lowest BCUT2D eigenvalue weighted by Crippen LogP contribution is -2.50. The van der Waals surface area contributed by atoms with Crippen LogP contribution in [0.4, 0.5) is 4.39 Å². The third-order valence-electron chi connectivity index (χ3n) is 4.68. The molecule has 5 heteroatoms. The second-order valence-electron chi connectivity index (χ2n) is 9.18. The first-order valence-corrected chi connectivity index (χ1v) is 9.34. The SMILES string of the molecule is CC(C)(C)CC(C)(C)NC(=O)C1CCN(C(=O)c2ccc(F)cc2)CC1. The summed E-state index contributed by atoms with van der Waals surface area (Å²) in [5.74, 6) is -0.439. The van der Waals surface area contributed by atoms with Crippen molar-refractivity contribution in [1.29, 1.82) is 0 Å². The fraction of sp³-hybridized carbons (Fsp3) is 0.619. The molecule has 0 aromatic heterocycles. The number of rotatable bonds is 4. The summed E-state index contributed by atoms with van der Waals surface area (Å²) in [4.78, 5) is 26.9. The summed E-state index contributed by atoms with van der Waals surface area (Å²) in [6.45, 7) is 11.7. The molecule has 2 rings (SSSR count). The summed E-state index contributed by atoms with van der Waals surface area (Å²) in [5.41, 5.74) is 0.374. The smallest absolute Gasteiger partial charge is 0.253 e. The van der Waals surface area contributed by atoms with Crippen molar-refractivity contribution in [2.75, 3.05) is 13.1 Å². The van der Waals surface area contributed by atoms with Gasteiger partial charge in [-0.3, -0.25) is 9.59 Å². The van der Waals surface area contributed by atoms with E-state index in [1.807, 2.05) is 0 Å². The lowest BCUT2D eigenvalue weighted by Gasteiger charge is -2.36. The Balaban J connectivity index is 1.88. The molecule has 0 radical (unpaired) electrons. The van der Waals surface area contributed by atoms with Crippen molar-refractivity contribution in [2.45, 2.75) is 59.4 Å². The second-order valence-corrected chi connectivity index (χ2v) is 9.18. The average Bonchev–Trinajstić information content (AvgIpc) is 2.52. The average molecular weight is 362 g/mol. The molecule has 0 aliphatic carbocycles. The van der Waals surface area contributed by atoms with Gasteiger partial charge in [-0.15, -0.1) is 0 Å². The van der Waals surface area contributed by atoms with Gasteiger partial charge in [-0.2, -0.15) is 0 Å². The number of nitrogens with one attached hydrogen (secondary N) is 1. The Hall–Kier alpha value is -1.91. The molecule has 26 heavy (non-hydrogen) atoms. The van der Waals surface area contributed by atoms with Crippen molar-refractivity contribution >= 4 is 11.8 Å². The molecular formula is C21H31FN2O2. The number of hydrogen-bond acceptors (Lipinski definition) is 2. The van der Waals surface area contributed by atoms with Gasteiger partial charge in [0.1, 0.15) is 5.82 Å². The number of nitrogens with zero attached hydrogens (tertiary/aromatic N) is 1.